The first-order valence-corrected chi connectivity index (χ1v) is 5.06. The molecule has 0 spiro atoms. The van der Waals surface area contributed by atoms with E-state index >= 15 is 0 Å². The van der Waals surface area contributed by atoms with Crippen molar-refractivity contribution in [3.8, 4) is 0 Å². The van der Waals surface area contributed by atoms with Gasteiger partial charge >= 0.3 is 5.97 Å². The van der Waals surface area contributed by atoms with Crippen molar-refractivity contribution in [1.82, 2.24) is 0 Å². The molecule has 0 amide bonds. The summed E-state index contributed by atoms with van der Waals surface area (Å²) >= 11 is 0. The Morgan fingerprint density at radius 3 is 2.53 bits per heavy atom. The first-order valence-electron chi connectivity index (χ1n) is 5.06. The van der Waals surface area contributed by atoms with Crippen LogP contribution in [0.15, 0.2) is 36.4 Å². The maximum Gasteiger partial charge on any atom is 0.337 e. The summed E-state index contributed by atoms with van der Waals surface area (Å²) in [6.07, 6.45) is 6.22. The van der Waals surface area contributed by atoms with E-state index in [4.69, 9.17) is 0 Å². The maximum atomic E-state index is 11.2. The van der Waals surface area contributed by atoms with Crippen LogP contribution in [0.4, 0.5) is 0 Å². The molecular weight excluding hydrogens is 188 g/mol. The topological polar surface area (TPSA) is 26.3 Å². The number of esters is 1. The van der Waals surface area contributed by atoms with Crippen LogP contribution in [-0.4, -0.2) is 13.1 Å². The van der Waals surface area contributed by atoms with Gasteiger partial charge in [0.05, 0.1) is 12.7 Å². The van der Waals surface area contributed by atoms with Crippen LogP contribution in [0.1, 0.15) is 29.3 Å². The number of aryl methyl sites for hydroxylation is 1. The summed E-state index contributed by atoms with van der Waals surface area (Å²) in [6, 6.07) is 7.54. The second kappa shape index (κ2) is 6.02. The average Bonchev–Trinajstić information content (AvgIpc) is 2.29. The van der Waals surface area contributed by atoms with Crippen molar-refractivity contribution in [2.75, 3.05) is 7.11 Å². The highest BCUT2D eigenvalue weighted by atomic mass is 16.5. The summed E-state index contributed by atoms with van der Waals surface area (Å²) < 4.78 is 4.62. The molecule has 0 atom stereocenters. The number of ether oxygens (including phenoxy) is 1. The van der Waals surface area contributed by atoms with E-state index in [1.54, 1.807) is 12.1 Å². The van der Waals surface area contributed by atoms with E-state index in [1.165, 1.54) is 12.7 Å². The third-order valence-electron chi connectivity index (χ3n) is 2.21. The first kappa shape index (κ1) is 11.5. The molecule has 0 N–H and O–H groups in total. The van der Waals surface area contributed by atoms with Gasteiger partial charge in [-0.25, -0.2) is 4.79 Å². The van der Waals surface area contributed by atoms with E-state index in [2.05, 4.69) is 10.8 Å². The molecule has 0 saturated carbocycles. The molecular formula is C13H16O2. The zero-order valence-corrected chi connectivity index (χ0v) is 9.19. The zero-order chi connectivity index (χ0) is 11.1. The Labute approximate surface area is 90.6 Å². The Kier molecular flexibility index (Phi) is 4.61. The van der Waals surface area contributed by atoms with E-state index in [0.717, 1.165) is 12.8 Å². The molecule has 1 rings (SSSR count). The highest BCUT2D eigenvalue weighted by Crippen LogP contribution is 2.08. The van der Waals surface area contributed by atoms with Crippen molar-refractivity contribution in [2.45, 2.75) is 19.8 Å². The number of hydrogen-bond acceptors (Lipinski definition) is 2. The molecule has 1 aromatic carbocycles. The molecule has 2 heteroatoms. The van der Waals surface area contributed by atoms with Crippen LogP contribution in [0.3, 0.4) is 0 Å². The zero-order valence-electron chi connectivity index (χ0n) is 9.19. The summed E-state index contributed by atoms with van der Waals surface area (Å²) in [5.74, 6) is -0.282. The highest BCUT2D eigenvalue weighted by molar-refractivity contribution is 5.89. The molecule has 2 nitrogen and oxygen atoms in total. The van der Waals surface area contributed by atoms with Crippen LogP contribution in [0, 0.1) is 0 Å². The molecule has 0 fully saturated rings. The molecule has 80 valence electrons. The maximum absolute atomic E-state index is 11.2. The molecule has 1 aromatic rings. The number of methoxy groups -OCH3 is 1. The lowest BCUT2D eigenvalue weighted by molar-refractivity contribution is 0.0600. The van der Waals surface area contributed by atoms with Gasteiger partial charge in [-0.2, -0.15) is 0 Å². The van der Waals surface area contributed by atoms with E-state index in [-0.39, 0.29) is 5.97 Å². The molecule has 0 radical (unpaired) electrons. The second-order valence-electron chi connectivity index (χ2n) is 3.30. The van der Waals surface area contributed by atoms with Gasteiger partial charge in [-0.1, -0.05) is 24.3 Å². The Morgan fingerprint density at radius 2 is 2.00 bits per heavy atom. The third kappa shape index (κ3) is 3.58. The van der Waals surface area contributed by atoms with Crippen molar-refractivity contribution in [1.29, 1.82) is 0 Å². The second-order valence-corrected chi connectivity index (χ2v) is 3.30. The predicted octanol–water partition coefficient (Wildman–Crippen LogP) is 2.98. The smallest absolute Gasteiger partial charge is 0.337 e. The van der Waals surface area contributed by atoms with Gasteiger partial charge in [0.15, 0.2) is 0 Å². The van der Waals surface area contributed by atoms with Gasteiger partial charge in [-0.3, -0.25) is 0 Å². The number of benzene rings is 1. The number of carbonyl (C=O) groups excluding carboxylic acids is 1. The lowest BCUT2D eigenvalue weighted by Crippen LogP contribution is -2.00. The van der Waals surface area contributed by atoms with Crippen LogP contribution < -0.4 is 0 Å². The van der Waals surface area contributed by atoms with E-state index < -0.39 is 0 Å². The fraction of sp³-hybridized carbons (Fsp3) is 0.308. The lowest BCUT2D eigenvalue weighted by Gasteiger charge is -2.01. The monoisotopic (exact) mass is 204 g/mol. The Morgan fingerprint density at radius 1 is 1.33 bits per heavy atom. The van der Waals surface area contributed by atoms with Gasteiger partial charge in [0.1, 0.15) is 0 Å². The van der Waals surface area contributed by atoms with Gasteiger partial charge in [0.2, 0.25) is 0 Å². The fourth-order valence-corrected chi connectivity index (χ4v) is 1.34. The molecule has 0 aliphatic heterocycles. The Hall–Kier alpha value is -1.57. The minimum Gasteiger partial charge on any atom is -0.465 e. The largest absolute Gasteiger partial charge is 0.465 e. The summed E-state index contributed by atoms with van der Waals surface area (Å²) in [5.41, 5.74) is 1.84. The normalized spacial score (nSPS) is 10.5. The van der Waals surface area contributed by atoms with Gasteiger partial charge in [-0.05, 0) is 37.5 Å². The molecule has 0 aliphatic carbocycles. The van der Waals surface area contributed by atoms with Crippen LogP contribution in [0.25, 0.3) is 0 Å². The molecule has 0 saturated heterocycles. The van der Waals surface area contributed by atoms with Gasteiger partial charge in [0.25, 0.3) is 0 Å². The number of rotatable bonds is 4. The molecule has 15 heavy (non-hydrogen) atoms. The van der Waals surface area contributed by atoms with Crippen molar-refractivity contribution >= 4 is 5.97 Å². The average molecular weight is 204 g/mol. The minimum atomic E-state index is -0.282. The first-order chi connectivity index (χ1) is 7.27. The summed E-state index contributed by atoms with van der Waals surface area (Å²) in [5, 5.41) is 0. The molecule has 0 heterocycles. The van der Waals surface area contributed by atoms with E-state index in [9.17, 15) is 4.79 Å². The standard InChI is InChI=1S/C13H16O2/c1-3-4-5-6-11-7-9-12(10-8-11)13(14)15-2/h3-4,7-10H,5-6H2,1-2H3. The van der Waals surface area contributed by atoms with Crippen LogP contribution >= 0.6 is 0 Å². The lowest BCUT2D eigenvalue weighted by atomic mass is 10.1. The molecule has 0 unspecified atom stereocenters. The summed E-state index contributed by atoms with van der Waals surface area (Å²) in [7, 11) is 1.39. The van der Waals surface area contributed by atoms with Gasteiger partial charge in [-0.15, -0.1) is 0 Å². The summed E-state index contributed by atoms with van der Waals surface area (Å²) in [4.78, 5) is 11.2. The van der Waals surface area contributed by atoms with Crippen LogP contribution in [0.2, 0.25) is 0 Å². The Bertz CT molecular complexity index is 336. The van der Waals surface area contributed by atoms with E-state index in [1.807, 2.05) is 25.1 Å². The predicted molar refractivity (Wildman–Crippen MR) is 60.9 cm³/mol. The minimum absolute atomic E-state index is 0.282. The van der Waals surface area contributed by atoms with E-state index in [0.29, 0.717) is 5.56 Å². The quantitative estimate of drug-likeness (QED) is 0.556. The summed E-state index contributed by atoms with van der Waals surface area (Å²) in [6.45, 7) is 2.01. The van der Waals surface area contributed by atoms with Crippen molar-refractivity contribution in [3.63, 3.8) is 0 Å². The van der Waals surface area contributed by atoms with Crippen molar-refractivity contribution in [3.05, 3.63) is 47.5 Å². The van der Waals surface area contributed by atoms with Crippen LogP contribution in [-0.2, 0) is 11.2 Å². The molecule has 0 aromatic heterocycles. The Balaban J connectivity index is 2.60. The van der Waals surface area contributed by atoms with Gasteiger partial charge < -0.3 is 4.74 Å². The molecule has 0 aliphatic rings. The van der Waals surface area contributed by atoms with Gasteiger partial charge in [0, 0.05) is 0 Å². The fourth-order valence-electron chi connectivity index (χ4n) is 1.34. The van der Waals surface area contributed by atoms with Crippen molar-refractivity contribution < 1.29 is 9.53 Å². The SMILES string of the molecule is CC=CCCc1ccc(C(=O)OC)cc1. The van der Waals surface area contributed by atoms with Crippen LogP contribution in [0.5, 0.6) is 0 Å². The third-order valence-corrected chi connectivity index (χ3v) is 2.21. The molecule has 0 bridgehead atoms. The highest BCUT2D eigenvalue weighted by Gasteiger charge is 2.03. The number of allylic oxidation sites excluding steroid dienone is 2. The van der Waals surface area contributed by atoms with Crippen molar-refractivity contribution in [2.24, 2.45) is 0 Å². The number of carbonyl (C=O) groups is 1. The number of hydrogen-bond donors (Lipinski definition) is 0.